The molecule has 1 aromatic carbocycles. The maximum absolute atomic E-state index is 13.4. The number of aromatic nitrogens is 1. The number of pyridine rings is 1. The highest BCUT2D eigenvalue weighted by Crippen LogP contribution is 2.28. The Morgan fingerprint density at radius 3 is 2.95 bits per heavy atom. The monoisotopic (exact) mass is 389 g/mol. The summed E-state index contributed by atoms with van der Waals surface area (Å²) in [5.41, 5.74) is 0.987. The first-order valence-electron chi connectivity index (χ1n) is 6.34. The zero-order valence-corrected chi connectivity index (χ0v) is 12.8. The highest BCUT2D eigenvalue weighted by molar-refractivity contribution is 14.1. The van der Waals surface area contributed by atoms with Crippen LogP contribution in [0.5, 0.6) is 0 Å². The molecule has 0 radical (unpaired) electrons. The van der Waals surface area contributed by atoms with Crippen molar-refractivity contribution >= 4 is 33.5 Å². The van der Waals surface area contributed by atoms with Gasteiger partial charge in [0.25, 0.3) is 0 Å². The fourth-order valence-electron chi connectivity index (χ4n) is 2.69. The number of aliphatic hydroxyl groups excluding tert-OH is 1. The molecule has 1 N–H and O–H groups in total. The quantitative estimate of drug-likeness (QED) is 0.802. The molecule has 1 aliphatic rings. The molecule has 1 aromatic heterocycles. The number of halogens is 2. The van der Waals surface area contributed by atoms with Crippen molar-refractivity contribution in [3.05, 3.63) is 43.5 Å². The second kappa shape index (κ2) is 5.42. The Labute approximate surface area is 128 Å². The average molecular weight is 389 g/mol. The molecular formula is C14H13FINO3. The van der Waals surface area contributed by atoms with Crippen molar-refractivity contribution in [3.63, 3.8) is 0 Å². The van der Waals surface area contributed by atoms with E-state index in [0.717, 1.165) is 6.42 Å². The van der Waals surface area contributed by atoms with Crippen LogP contribution < -0.4 is 5.43 Å². The molecule has 0 bridgehead atoms. The molecule has 0 spiro atoms. The summed E-state index contributed by atoms with van der Waals surface area (Å²) < 4.78 is 21.2. The van der Waals surface area contributed by atoms with E-state index in [1.54, 1.807) is 6.07 Å². The van der Waals surface area contributed by atoms with Crippen molar-refractivity contribution in [2.75, 3.05) is 13.2 Å². The predicted molar refractivity (Wildman–Crippen MR) is 81.3 cm³/mol. The topological polar surface area (TPSA) is 51.5 Å². The summed E-state index contributed by atoms with van der Waals surface area (Å²) in [6.45, 7) is 0.969. The maximum Gasteiger partial charge on any atom is 0.203 e. The molecule has 4 nitrogen and oxygen atoms in total. The molecule has 1 unspecified atom stereocenters. The second-order valence-corrected chi connectivity index (χ2v) is 5.88. The standard InChI is InChI=1S/C14H13FINO3/c15-8-1-2-11-10(5-8)14(19)13(16)12(6-18)17(11)9-3-4-20-7-9/h1-2,5,9,18H,3-4,6-7H2. The number of benzene rings is 1. The summed E-state index contributed by atoms with van der Waals surface area (Å²) in [5, 5.41) is 9.96. The van der Waals surface area contributed by atoms with E-state index in [-0.39, 0.29) is 18.1 Å². The van der Waals surface area contributed by atoms with Crippen LogP contribution in [-0.4, -0.2) is 22.9 Å². The molecule has 2 aromatic rings. The number of rotatable bonds is 2. The summed E-state index contributed by atoms with van der Waals surface area (Å²) in [7, 11) is 0. The van der Waals surface area contributed by atoms with Crippen molar-refractivity contribution in [2.45, 2.75) is 19.1 Å². The molecule has 1 saturated heterocycles. The first kappa shape index (κ1) is 14.0. The van der Waals surface area contributed by atoms with Gasteiger partial charge in [0.2, 0.25) is 5.43 Å². The van der Waals surface area contributed by atoms with E-state index in [4.69, 9.17) is 4.74 Å². The minimum Gasteiger partial charge on any atom is -0.390 e. The molecule has 1 atom stereocenters. The Hall–Kier alpha value is -0.990. The SMILES string of the molecule is O=c1c(I)c(CO)n(C2CCOC2)c2ccc(F)cc12. The van der Waals surface area contributed by atoms with Gasteiger partial charge in [-0.05, 0) is 47.2 Å². The van der Waals surface area contributed by atoms with Gasteiger partial charge in [0.1, 0.15) is 5.82 Å². The Morgan fingerprint density at radius 1 is 1.50 bits per heavy atom. The van der Waals surface area contributed by atoms with Crippen LogP contribution in [0.1, 0.15) is 18.2 Å². The van der Waals surface area contributed by atoms with Crippen LogP contribution in [0.4, 0.5) is 4.39 Å². The van der Waals surface area contributed by atoms with Crippen molar-refractivity contribution in [1.82, 2.24) is 4.57 Å². The van der Waals surface area contributed by atoms with E-state index < -0.39 is 5.82 Å². The maximum atomic E-state index is 13.4. The molecule has 0 saturated carbocycles. The fourth-order valence-corrected chi connectivity index (χ4v) is 3.41. The summed E-state index contributed by atoms with van der Waals surface area (Å²) >= 11 is 1.92. The minimum absolute atomic E-state index is 0.0687. The van der Waals surface area contributed by atoms with Gasteiger partial charge in [0, 0.05) is 12.0 Å². The van der Waals surface area contributed by atoms with Crippen LogP contribution in [0.25, 0.3) is 10.9 Å². The molecule has 0 aliphatic carbocycles. The van der Waals surface area contributed by atoms with E-state index in [1.165, 1.54) is 12.1 Å². The average Bonchev–Trinajstić information content (AvgIpc) is 2.96. The van der Waals surface area contributed by atoms with E-state index in [2.05, 4.69) is 0 Å². The molecule has 1 aliphatic heterocycles. The van der Waals surface area contributed by atoms with Gasteiger partial charge in [-0.2, -0.15) is 0 Å². The van der Waals surface area contributed by atoms with Crippen LogP contribution in [-0.2, 0) is 11.3 Å². The van der Waals surface area contributed by atoms with Gasteiger partial charge in [-0.15, -0.1) is 0 Å². The number of aliphatic hydroxyl groups is 1. The molecule has 106 valence electrons. The smallest absolute Gasteiger partial charge is 0.203 e. The van der Waals surface area contributed by atoms with Crippen molar-refractivity contribution < 1.29 is 14.2 Å². The Morgan fingerprint density at radius 2 is 2.30 bits per heavy atom. The zero-order chi connectivity index (χ0) is 14.3. The van der Waals surface area contributed by atoms with Crippen molar-refractivity contribution in [2.24, 2.45) is 0 Å². The third-order valence-corrected chi connectivity index (χ3v) is 4.74. The van der Waals surface area contributed by atoms with Gasteiger partial charge in [-0.3, -0.25) is 4.79 Å². The normalized spacial score (nSPS) is 18.9. The van der Waals surface area contributed by atoms with Crippen molar-refractivity contribution in [1.29, 1.82) is 0 Å². The van der Waals surface area contributed by atoms with E-state index in [0.29, 0.717) is 33.4 Å². The first-order chi connectivity index (χ1) is 9.63. The number of fused-ring (bicyclic) bond motifs is 1. The molecule has 2 heterocycles. The number of hydrogen-bond donors (Lipinski definition) is 1. The Bertz CT molecular complexity index is 722. The summed E-state index contributed by atoms with van der Waals surface area (Å²) in [6.07, 6.45) is 0.818. The summed E-state index contributed by atoms with van der Waals surface area (Å²) in [5.74, 6) is -0.434. The Balaban J connectivity index is 2.40. The van der Waals surface area contributed by atoms with Crippen LogP contribution in [0, 0.1) is 9.39 Å². The van der Waals surface area contributed by atoms with Crippen molar-refractivity contribution in [3.8, 4) is 0 Å². The molecule has 0 amide bonds. The highest BCUT2D eigenvalue weighted by atomic mass is 127. The number of hydrogen-bond acceptors (Lipinski definition) is 3. The fraction of sp³-hybridized carbons (Fsp3) is 0.357. The lowest BCUT2D eigenvalue weighted by molar-refractivity contribution is 0.185. The van der Waals surface area contributed by atoms with Crippen LogP contribution in [0.15, 0.2) is 23.0 Å². The molecule has 6 heteroatoms. The first-order valence-corrected chi connectivity index (χ1v) is 7.42. The van der Waals surface area contributed by atoms with Crippen LogP contribution >= 0.6 is 22.6 Å². The van der Waals surface area contributed by atoms with E-state index >= 15 is 0 Å². The number of nitrogens with zero attached hydrogens (tertiary/aromatic N) is 1. The highest BCUT2D eigenvalue weighted by Gasteiger charge is 2.24. The lowest BCUT2D eigenvalue weighted by atomic mass is 10.1. The summed E-state index contributed by atoms with van der Waals surface area (Å²) in [4.78, 5) is 12.3. The second-order valence-electron chi connectivity index (χ2n) is 4.80. The largest absolute Gasteiger partial charge is 0.390 e. The lowest BCUT2D eigenvalue weighted by Crippen LogP contribution is -2.23. The van der Waals surface area contributed by atoms with Gasteiger partial charge >= 0.3 is 0 Å². The van der Waals surface area contributed by atoms with E-state index in [9.17, 15) is 14.3 Å². The third-order valence-electron chi connectivity index (χ3n) is 3.63. The third kappa shape index (κ3) is 2.15. The Kier molecular flexibility index (Phi) is 3.78. The minimum atomic E-state index is -0.434. The number of ether oxygens (including phenoxy) is 1. The molecule has 1 fully saturated rings. The molecule has 20 heavy (non-hydrogen) atoms. The van der Waals surface area contributed by atoms with Gasteiger partial charge in [0.05, 0.1) is 34.0 Å². The van der Waals surface area contributed by atoms with Gasteiger partial charge in [-0.1, -0.05) is 0 Å². The van der Waals surface area contributed by atoms with Gasteiger partial charge in [-0.25, -0.2) is 4.39 Å². The van der Waals surface area contributed by atoms with Crippen LogP contribution in [0.2, 0.25) is 0 Å². The van der Waals surface area contributed by atoms with Crippen LogP contribution in [0.3, 0.4) is 0 Å². The molecular weight excluding hydrogens is 376 g/mol. The van der Waals surface area contributed by atoms with Gasteiger partial charge < -0.3 is 14.4 Å². The molecule has 3 rings (SSSR count). The summed E-state index contributed by atoms with van der Waals surface area (Å²) in [6, 6.07) is 4.26. The zero-order valence-electron chi connectivity index (χ0n) is 10.6. The van der Waals surface area contributed by atoms with Gasteiger partial charge in [0.15, 0.2) is 0 Å². The lowest BCUT2D eigenvalue weighted by Gasteiger charge is -2.22. The predicted octanol–water partition coefficient (Wildman–Crippen LogP) is 2.20. The van der Waals surface area contributed by atoms with E-state index in [1.807, 2.05) is 27.2 Å².